The van der Waals surface area contributed by atoms with Gasteiger partial charge in [0.05, 0.1) is 5.69 Å². The van der Waals surface area contributed by atoms with Gasteiger partial charge in [0.25, 0.3) is 0 Å². The molecule has 0 saturated carbocycles. The van der Waals surface area contributed by atoms with Crippen LogP contribution in [0.4, 0.5) is 11.5 Å². The van der Waals surface area contributed by atoms with Crippen molar-refractivity contribution in [1.82, 2.24) is 14.9 Å². The van der Waals surface area contributed by atoms with E-state index in [9.17, 15) is 9.90 Å². The molecule has 1 fully saturated rings. The molecule has 1 atom stereocenters. The maximum Gasteiger partial charge on any atom is 0.332 e. The van der Waals surface area contributed by atoms with Crippen molar-refractivity contribution in [2.45, 2.75) is 35.4 Å². The highest BCUT2D eigenvalue weighted by Crippen LogP contribution is 2.42. The van der Waals surface area contributed by atoms with Gasteiger partial charge in [-0.25, -0.2) is 14.8 Å². The quantitative estimate of drug-likeness (QED) is 0.642. The van der Waals surface area contributed by atoms with Crippen LogP contribution in [0.5, 0.6) is 0 Å². The van der Waals surface area contributed by atoms with Crippen LogP contribution in [0.1, 0.15) is 18.4 Å². The lowest BCUT2D eigenvalue weighted by Gasteiger charge is -2.33. The summed E-state index contributed by atoms with van der Waals surface area (Å²) in [6.45, 7) is 2.40. The lowest BCUT2D eigenvalue weighted by Crippen LogP contribution is -2.40. The Bertz CT molecular complexity index is 824. The average Bonchev–Trinajstić information content (AvgIpc) is 2.66. The molecule has 0 bridgehead atoms. The van der Waals surface area contributed by atoms with Gasteiger partial charge in [-0.2, -0.15) is 0 Å². The van der Waals surface area contributed by atoms with Gasteiger partial charge in [-0.1, -0.05) is 17.8 Å². The molecule has 1 unspecified atom stereocenters. The minimum absolute atomic E-state index is 0.152. The predicted molar refractivity (Wildman–Crippen MR) is 97.5 cm³/mol. The lowest BCUT2D eigenvalue weighted by atomic mass is 9.91. The van der Waals surface area contributed by atoms with Gasteiger partial charge in [0.1, 0.15) is 5.03 Å². The van der Waals surface area contributed by atoms with E-state index in [2.05, 4.69) is 38.4 Å². The number of aliphatic carboxylic acids is 1. The van der Waals surface area contributed by atoms with Gasteiger partial charge in [0, 0.05) is 23.8 Å². The van der Waals surface area contributed by atoms with Crippen LogP contribution in [0.25, 0.3) is 0 Å². The minimum Gasteiger partial charge on any atom is -0.479 e. The number of anilines is 2. The van der Waals surface area contributed by atoms with E-state index in [0.29, 0.717) is 12.8 Å². The molecule has 7 nitrogen and oxygen atoms in total. The number of aromatic nitrogens is 2. The summed E-state index contributed by atoms with van der Waals surface area (Å²) in [6.07, 6.45) is 3.53. The topological polar surface area (TPSA) is 98.6 Å². The van der Waals surface area contributed by atoms with Gasteiger partial charge in [0.15, 0.2) is 11.9 Å². The fourth-order valence-corrected chi connectivity index (χ4v) is 4.34. The highest BCUT2D eigenvalue weighted by Gasteiger charge is 2.29. The van der Waals surface area contributed by atoms with Gasteiger partial charge in [0.2, 0.25) is 0 Å². The van der Waals surface area contributed by atoms with Crippen molar-refractivity contribution in [3.8, 4) is 0 Å². The Hall–Kier alpha value is -2.16. The van der Waals surface area contributed by atoms with E-state index in [-0.39, 0.29) is 5.92 Å². The van der Waals surface area contributed by atoms with Gasteiger partial charge < -0.3 is 15.5 Å². The molecule has 0 aliphatic carbocycles. The Morgan fingerprint density at radius 1 is 1.31 bits per heavy atom. The molecular formula is C18H20N4O3S. The Balaban J connectivity index is 1.39. The zero-order valence-electron chi connectivity index (χ0n) is 14.1. The number of nitrogens with one attached hydrogen (secondary N) is 1. The van der Waals surface area contributed by atoms with E-state index in [4.69, 9.17) is 5.11 Å². The number of benzene rings is 1. The molecule has 3 heterocycles. The highest BCUT2D eigenvalue weighted by molar-refractivity contribution is 7.99. The maximum absolute atomic E-state index is 10.9. The molecule has 1 aromatic heterocycles. The number of rotatable bonds is 4. The molecule has 3 N–H and O–H groups in total. The van der Waals surface area contributed by atoms with Crippen LogP contribution in [0.2, 0.25) is 0 Å². The van der Waals surface area contributed by atoms with E-state index in [1.165, 1.54) is 5.56 Å². The third-order valence-electron chi connectivity index (χ3n) is 4.91. The third kappa shape index (κ3) is 3.53. The first-order valence-corrected chi connectivity index (χ1v) is 9.44. The number of carboxylic acids is 1. The fourth-order valence-electron chi connectivity index (χ4n) is 3.47. The molecule has 0 radical (unpaired) electrons. The smallest absolute Gasteiger partial charge is 0.332 e. The summed E-state index contributed by atoms with van der Waals surface area (Å²) < 4.78 is 0. The zero-order chi connectivity index (χ0) is 18.1. The number of hydrogen-bond donors (Lipinski definition) is 3. The summed E-state index contributed by atoms with van der Waals surface area (Å²) >= 11 is 1.61. The first-order valence-electron chi connectivity index (χ1n) is 8.62. The monoisotopic (exact) mass is 372 g/mol. The Kier molecular flexibility index (Phi) is 4.80. The summed E-state index contributed by atoms with van der Waals surface area (Å²) in [4.78, 5) is 23.0. The van der Waals surface area contributed by atoms with Crippen molar-refractivity contribution >= 4 is 29.2 Å². The van der Waals surface area contributed by atoms with Crippen LogP contribution in [0, 0.1) is 5.92 Å². The number of nitrogens with zero attached hydrogens (tertiary/aromatic N) is 3. The predicted octanol–water partition coefficient (Wildman–Crippen LogP) is 2.34. The molecule has 1 saturated heterocycles. The maximum atomic E-state index is 10.9. The molecule has 1 aromatic carbocycles. The molecule has 8 heteroatoms. The number of carboxylic acid groups (broad SMARTS) is 1. The number of hydrogen-bond acceptors (Lipinski definition) is 7. The molecule has 26 heavy (non-hydrogen) atoms. The summed E-state index contributed by atoms with van der Waals surface area (Å²) in [5, 5.41) is 22.9. The number of fused-ring (bicyclic) bond motifs is 2. The Morgan fingerprint density at radius 2 is 2.08 bits per heavy atom. The second-order valence-electron chi connectivity index (χ2n) is 6.66. The Morgan fingerprint density at radius 3 is 2.85 bits per heavy atom. The van der Waals surface area contributed by atoms with E-state index in [0.717, 1.165) is 41.1 Å². The minimum atomic E-state index is -1.25. The van der Waals surface area contributed by atoms with Crippen molar-refractivity contribution in [1.29, 1.82) is 0 Å². The number of aliphatic hydroxyl groups excluding tert-OH is 1. The van der Waals surface area contributed by atoms with Crippen LogP contribution in [-0.4, -0.2) is 50.2 Å². The van der Waals surface area contributed by atoms with E-state index >= 15 is 0 Å². The van der Waals surface area contributed by atoms with Crippen molar-refractivity contribution in [3.63, 3.8) is 0 Å². The van der Waals surface area contributed by atoms with Crippen LogP contribution < -0.4 is 5.32 Å². The molecule has 0 spiro atoms. The number of likely N-dealkylation sites (tertiary alicyclic amines) is 1. The molecule has 4 rings (SSSR count). The van der Waals surface area contributed by atoms with E-state index < -0.39 is 12.1 Å². The Labute approximate surface area is 155 Å². The molecule has 0 amide bonds. The van der Waals surface area contributed by atoms with Gasteiger partial charge in [-0.3, -0.25) is 4.90 Å². The highest BCUT2D eigenvalue weighted by atomic mass is 32.2. The summed E-state index contributed by atoms with van der Waals surface area (Å²) in [6, 6.07) is 6.35. The third-order valence-corrected chi connectivity index (χ3v) is 5.97. The standard InChI is InChI=1S/C18H20N4O3S/c23-15(18(24)25)12-3-7-22(8-4-12)10-11-1-2-14-13(9-11)21-16-17(26-14)20-6-5-19-16/h1-2,5-6,9,12,15,23H,3-4,7-8,10H2,(H,19,21)(H,24,25). The summed E-state index contributed by atoms with van der Waals surface area (Å²) in [5.41, 5.74) is 2.23. The lowest BCUT2D eigenvalue weighted by molar-refractivity contribution is -0.150. The van der Waals surface area contributed by atoms with Crippen molar-refractivity contribution < 1.29 is 15.0 Å². The van der Waals surface area contributed by atoms with E-state index in [1.54, 1.807) is 24.2 Å². The first kappa shape index (κ1) is 17.3. The van der Waals surface area contributed by atoms with Crippen molar-refractivity contribution in [3.05, 3.63) is 36.2 Å². The zero-order valence-corrected chi connectivity index (χ0v) is 14.9. The van der Waals surface area contributed by atoms with Gasteiger partial charge >= 0.3 is 5.97 Å². The SMILES string of the molecule is O=C(O)C(O)C1CCN(Cc2ccc3c(c2)Nc2nccnc2S3)CC1. The number of piperidine rings is 1. The molecule has 2 aliphatic rings. The van der Waals surface area contributed by atoms with E-state index in [1.807, 2.05) is 0 Å². The van der Waals surface area contributed by atoms with Crippen LogP contribution in [-0.2, 0) is 11.3 Å². The van der Waals surface area contributed by atoms with Crippen molar-refractivity contribution in [2.24, 2.45) is 5.92 Å². The average molecular weight is 372 g/mol. The van der Waals surface area contributed by atoms with Crippen LogP contribution in [0.15, 0.2) is 40.5 Å². The van der Waals surface area contributed by atoms with Crippen molar-refractivity contribution in [2.75, 3.05) is 18.4 Å². The second kappa shape index (κ2) is 7.22. The largest absolute Gasteiger partial charge is 0.479 e. The normalized spacial score (nSPS) is 18.5. The van der Waals surface area contributed by atoms with Gasteiger partial charge in [-0.05, 0) is 49.5 Å². The number of carbonyl (C=O) groups is 1. The number of aliphatic hydroxyl groups is 1. The first-order chi connectivity index (χ1) is 12.6. The molecule has 2 aliphatic heterocycles. The molecule has 136 valence electrons. The summed E-state index contributed by atoms with van der Waals surface area (Å²) in [7, 11) is 0. The second-order valence-corrected chi connectivity index (χ2v) is 7.69. The van der Waals surface area contributed by atoms with Crippen LogP contribution >= 0.6 is 11.8 Å². The fraction of sp³-hybridized carbons (Fsp3) is 0.389. The van der Waals surface area contributed by atoms with Crippen LogP contribution in [0.3, 0.4) is 0 Å². The van der Waals surface area contributed by atoms with Gasteiger partial charge in [-0.15, -0.1) is 0 Å². The molecular weight excluding hydrogens is 352 g/mol. The molecule has 2 aromatic rings. The summed E-state index contributed by atoms with van der Waals surface area (Å²) in [5.74, 6) is -0.490.